The van der Waals surface area contributed by atoms with Gasteiger partial charge in [-0.2, -0.15) is 0 Å². The highest BCUT2D eigenvalue weighted by Crippen LogP contribution is 2.22. The van der Waals surface area contributed by atoms with Crippen LogP contribution in [-0.2, 0) is 26.2 Å². The molecule has 3 rings (SSSR count). The van der Waals surface area contributed by atoms with Gasteiger partial charge in [0.2, 0.25) is 21.8 Å². The second-order valence-electron chi connectivity index (χ2n) is 9.52. The first-order valence-electron chi connectivity index (χ1n) is 12.5. The molecule has 0 bridgehead atoms. The third-order valence-electron chi connectivity index (χ3n) is 6.57. The van der Waals surface area contributed by atoms with Crippen LogP contribution in [0, 0.1) is 6.92 Å². The van der Waals surface area contributed by atoms with Crippen molar-refractivity contribution < 1.29 is 18.0 Å². The molecule has 0 aromatic heterocycles. The second-order valence-corrected chi connectivity index (χ2v) is 11.9. The molecule has 0 unspecified atom stereocenters. The van der Waals surface area contributed by atoms with Gasteiger partial charge in [0.15, 0.2) is 0 Å². The molecule has 0 aliphatic heterocycles. The molecule has 2 aromatic carbocycles. The lowest BCUT2D eigenvalue weighted by Gasteiger charge is -2.34. The van der Waals surface area contributed by atoms with E-state index in [1.165, 1.54) is 11.3 Å². The van der Waals surface area contributed by atoms with Gasteiger partial charge in [0, 0.05) is 17.6 Å². The third kappa shape index (κ3) is 7.71. The Kier molecular flexibility index (Phi) is 9.79. The van der Waals surface area contributed by atoms with Crippen molar-refractivity contribution >= 4 is 39.1 Å². The minimum atomic E-state index is -3.75. The van der Waals surface area contributed by atoms with Gasteiger partial charge in [0.25, 0.3) is 0 Å². The van der Waals surface area contributed by atoms with Gasteiger partial charge in [-0.05, 0) is 61.6 Å². The van der Waals surface area contributed by atoms with Crippen molar-refractivity contribution in [3.63, 3.8) is 0 Å². The highest BCUT2D eigenvalue weighted by atomic mass is 35.5. The number of nitrogens with zero attached hydrogens (tertiary/aromatic N) is 2. The largest absolute Gasteiger partial charge is 0.352 e. The van der Waals surface area contributed by atoms with E-state index >= 15 is 0 Å². The van der Waals surface area contributed by atoms with Gasteiger partial charge >= 0.3 is 0 Å². The molecular formula is C27H36ClN3O4S. The first-order valence-corrected chi connectivity index (χ1v) is 14.7. The summed E-state index contributed by atoms with van der Waals surface area (Å²) in [5, 5.41) is 3.71. The van der Waals surface area contributed by atoms with Crippen LogP contribution in [0.5, 0.6) is 0 Å². The average molecular weight is 534 g/mol. The summed E-state index contributed by atoms with van der Waals surface area (Å²) in [5.41, 5.74) is 2.10. The molecule has 1 aliphatic carbocycles. The van der Waals surface area contributed by atoms with Crippen LogP contribution in [0.3, 0.4) is 0 Å². The number of aryl methyl sites for hydroxylation is 1. The predicted octanol–water partition coefficient (Wildman–Crippen LogP) is 4.67. The smallest absolute Gasteiger partial charge is 0.244 e. The number of anilines is 1. The minimum Gasteiger partial charge on any atom is -0.352 e. The van der Waals surface area contributed by atoms with Crippen molar-refractivity contribution in [3.8, 4) is 0 Å². The third-order valence-corrected chi connectivity index (χ3v) is 7.97. The fourth-order valence-corrected chi connectivity index (χ4v) is 5.61. The molecule has 9 heteroatoms. The molecule has 2 amide bonds. The lowest BCUT2D eigenvalue weighted by molar-refractivity contribution is -0.140. The maximum atomic E-state index is 13.7. The van der Waals surface area contributed by atoms with Crippen LogP contribution < -0.4 is 9.62 Å². The molecule has 1 N–H and O–H groups in total. The van der Waals surface area contributed by atoms with Crippen molar-refractivity contribution in [2.24, 2.45) is 0 Å². The van der Waals surface area contributed by atoms with Gasteiger partial charge in [-0.25, -0.2) is 8.42 Å². The molecule has 0 radical (unpaired) electrons. The van der Waals surface area contributed by atoms with E-state index in [0.29, 0.717) is 17.1 Å². The van der Waals surface area contributed by atoms with E-state index in [4.69, 9.17) is 11.6 Å². The van der Waals surface area contributed by atoms with Crippen molar-refractivity contribution in [1.29, 1.82) is 0 Å². The minimum absolute atomic E-state index is 0.104. The molecule has 1 aliphatic rings. The Labute approximate surface area is 219 Å². The Hall–Kier alpha value is -2.58. The predicted molar refractivity (Wildman–Crippen MR) is 144 cm³/mol. The number of amides is 2. The first kappa shape index (κ1) is 28.0. The SMILES string of the molecule is CC[C@H](C(=O)NC1CCCCC1)N(Cc1ccc(Cl)cc1)C(=O)CN(c1cccc(C)c1)S(C)(=O)=O. The zero-order valence-electron chi connectivity index (χ0n) is 21.2. The van der Waals surface area contributed by atoms with Crippen molar-refractivity contribution in [2.75, 3.05) is 17.1 Å². The van der Waals surface area contributed by atoms with Gasteiger partial charge in [-0.3, -0.25) is 13.9 Å². The average Bonchev–Trinajstić information content (AvgIpc) is 2.83. The van der Waals surface area contributed by atoms with Gasteiger partial charge in [0.1, 0.15) is 12.6 Å². The summed E-state index contributed by atoms with van der Waals surface area (Å²) in [4.78, 5) is 28.6. The normalized spacial score (nSPS) is 15.2. The van der Waals surface area contributed by atoms with E-state index in [9.17, 15) is 18.0 Å². The molecular weight excluding hydrogens is 498 g/mol. The lowest BCUT2D eigenvalue weighted by Crippen LogP contribution is -2.53. The van der Waals surface area contributed by atoms with Crippen LogP contribution in [0.4, 0.5) is 5.69 Å². The Bertz CT molecular complexity index is 1150. The molecule has 0 heterocycles. The summed E-state index contributed by atoms with van der Waals surface area (Å²) in [5.74, 6) is -0.643. The maximum Gasteiger partial charge on any atom is 0.244 e. The first-order chi connectivity index (χ1) is 17.1. The summed E-state index contributed by atoms with van der Waals surface area (Å²) in [6.45, 7) is 3.49. The van der Waals surface area contributed by atoms with E-state index in [2.05, 4.69) is 5.32 Å². The van der Waals surface area contributed by atoms with Crippen LogP contribution in [0.25, 0.3) is 0 Å². The number of halogens is 1. The van der Waals surface area contributed by atoms with Crippen molar-refractivity contribution in [1.82, 2.24) is 10.2 Å². The Morgan fingerprint density at radius 3 is 2.33 bits per heavy atom. The molecule has 2 aromatic rings. The highest BCUT2D eigenvalue weighted by Gasteiger charge is 2.32. The monoisotopic (exact) mass is 533 g/mol. The van der Waals surface area contributed by atoms with Crippen LogP contribution in [-0.4, -0.2) is 50.0 Å². The number of nitrogens with one attached hydrogen (secondary N) is 1. The summed E-state index contributed by atoms with van der Waals surface area (Å²) in [7, 11) is -3.75. The number of carbonyl (C=O) groups excluding carboxylic acids is 2. The van der Waals surface area contributed by atoms with E-state index < -0.39 is 28.5 Å². The van der Waals surface area contributed by atoms with E-state index in [-0.39, 0.29) is 18.5 Å². The summed E-state index contributed by atoms with van der Waals surface area (Å²) >= 11 is 6.04. The van der Waals surface area contributed by atoms with Crippen molar-refractivity contribution in [3.05, 3.63) is 64.7 Å². The maximum absolute atomic E-state index is 13.7. The number of hydrogen-bond acceptors (Lipinski definition) is 4. The van der Waals surface area contributed by atoms with Crippen LogP contribution in [0.2, 0.25) is 5.02 Å². The Morgan fingerprint density at radius 1 is 1.08 bits per heavy atom. The van der Waals surface area contributed by atoms with Crippen LogP contribution >= 0.6 is 11.6 Å². The topological polar surface area (TPSA) is 86.8 Å². The number of sulfonamides is 1. The van der Waals surface area contributed by atoms with E-state index in [0.717, 1.165) is 47.4 Å². The van der Waals surface area contributed by atoms with E-state index in [1.807, 2.05) is 32.0 Å². The fourth-order valence-electron chi connectivity index (χ4n) is 4.65. The summed E-state index contributed by atoms with van der Waals surface area (Å²) in [6.07, 6.45) is 6.68. The van der Waals surface area contributed by atoms with Gasteiger partial charge in [-0.1, -0.05) is 62.1 Å². The van der Waals surface area contributed by atoms with Crippen molar-refractivity contribution in [2.45, 2.75) is 71.0 Å². The Morgan fingerprint density at radius 2 is 1.75 bits per heavy atom. The molecule has 0 saturated heterocycles. The zero-order valence-corrected chi connectivity index (χ0v) is 22.8. The van der Waals surface area contributed by atoms with E-state index in [1.54, 1.807) is 30.3 Å². The molecule has 1 atom stereocenters. The number of hydrogen-bond donors (Lipinski definition) is 1. The second kappa shape index (κ2) is 12.6. The molecule has 196 valence electrons. The standard InChI is InChI=1S/C27H36ClN3O4S/c1-4-25(27(33)29-23-10-6-5-7-11-23)30(18-21-13-15-22(28)16-14-21)26(32)19-31(36(3,34)35)24-12-8-9-20(2)17-24/h8-9,12-17,23,25H,4-7,10-11,18-19H2,1-3H3,(H,29,33)/t25-/m1/s1. The molecule has 1 saturated carbocycles. The quantitative estimate of drug-likeness (QED) is 0.481. The van der Waals surface area contributed by atoms with Gasteiger partial charge in [-0.15, -0.1) is 0 Å². The van der Waals surface area contributed by atoms with Gasteiger partial charge < -0.3 is 10.2 Å². The van der Waals surface area contributed by atoms with Crippen LogP contribution in [0.15, 0.2) is 48.5 Å². The van der Waals surface area contributed by atoms with Crippen LogP contribution in [0.1, 0.15) is 56.6 Å². The number of benzene rings is 2. The fraction of sp³-hybridized carbons (Fsp3) is 0.481. The van der Waals surface area contributed by atoms with Gasteiger partial charge in [0.05, 0.1) is 11.9 Å². The Balaban J connectivity index is 1.90. The molecule has 0 spiro atoms. The highest BCUT2D eigenvalue weighted by molar-refractivity contribution is 7.92. The number of carbonyl (C=O) groups is 2. The lowest BCUT2D eigenvalue weighted by atomic mass is 9.95. The molecule has 7 nitrogen and oxygen atoms in total. The summed E-state index contributed by atoms with van der Waals surface area (Å²) < 4.78 is 26.5. The molecule has 1 fully saturated rings. The zero-order chi connectivity index (χ0) is 26.3. The summed E-state index contributed by atoms with van der Waals surface area (Å²) in [6, 6.07) is 13.5. The molecule has 36 heavy (non-hydrogen) atoms. The number of rotatable bonds is 10.